The molecule has 0 aliphatic heterocycles. The number of alkyl halides is 2. The van der Waals surface area contributed by atoms with Crippen molar-refractivity contribution in [1.29, 1.82) is 0 Å². The van der Waals surface area contributed by atoms with E-state index in [0.29, 0.717) is 19.3 Å². The molecular formula is C19H28F2O2. The van der Waals surface area contributed by atoms with Gasteiger partial charge in [-0.1, -0.05) is 18.9 Å². The minimum atomic E-state index is -2.29. The molecule has 6 unspecified atom stereocenters. The van der Waals surface area contributed by atoms with Crippen LogP contribution in [0.2, 0.25) is 0 Å². The van der Waals surface area contributed by atoms with Gasteiger partial charge in [-0.2, -0.15) is 0 Å². The maximum Gasteiger partial charge on any atom is 0.189 e. The number of aliphatic hydroxyl groups excluding tert-OH is 1. The molecule has 4 aliphatic carbocycles. The fourth-order valence-electron chi connectivity index (χ4n) is 6.26. The third-order valence-electron chi connectivity index (χ3n) is 7.54. The first-order chi connectivity index (χ1) is 10.8. The van der Waals surface area contributed by atoms with Gasteiger partial charge in [0.1, 0.15) is 11.8 Å². The third kappa shape index (κ3) is 2.10. The molecule has 130 valence electrons. The maximum atomic E-state index is 16.0. The SMILES string of the molecule is CC12CCCC1[C@@]1(O)CCC3CCC(O)CC3=CC1(F)C(F)C2. The van der Waals surface area contributed by atoms with Crippen molar-refractivity contribution in [3.63, 3.8) is 0 Å². The summed E-state index contributed by atoms with van der Waals surface area (Å²) in [6.07, 6.45) is 5.15. The third-order valence-corrected chi connectivity index (χ3v) is 7.54. The van der Waals surface area contributed by atoms with Crippen molar-refractivity contribution in [3.8, 4) is 0 Å². The van der Waals surface area contributed by atoms with E-state index < -0.39 is 23.5 Å². The minimum Gasteiger partial charge on any atom is -0.393 e. The molecule has 2 nitrogen and oxygen atoms in total. The minimum absolute atomic E-state index is 0.158. The van der Waals surface area contributed by atoms with Crippen LogP contribution in [-0.2, 0) is 0 Å². The lowest BCUT2D eigenvalue weighted by Gasteiger charge is -2.55. The first-order valence-corrected chi connectivity index (χ1v) is 9.23. The van der Waals surface area contributed by atoms with Crippen LogP contribution in [-0.4, -0.2) is 33.8 Å². The number of hydrogen-bond acceptors (Lipinski definition) is 2. The monoisotopic (exact) mass is 326 g/mol. The highest BCUT2D eigenvalue weighted by molar-refractivity contribution is 5.31. The van der Waals surface area contributed by atoms with Gasteiger partial charge in [-0.25, -0.2) is 8.78 Å². The predicted molar refractivity (Wildman–Crippen MR) is 84.4 cm³/mol. The quantitative estimate of drug-likeness (QED) is 0.664. The van der Waals surface area contributed by atoms with Gasteiger partial charge >= 0.3 is 0 Å². The van der Waals surface area contributed by atoms with Gasteiger partial charge in [0.2, 0.25) is 0 Å². The Kier molecular flexibility index (Phi) is 3.49. The summed E-state index contributed by atoms with van der Waals surface area (Å²) >= 11 is 0. The predicted octanol–water partition coefficient (Wildman–Crippen LogP) is 3.86. The van der Waals surface area contributed by atoms with E-state index in [1.54, 1.807) is 0 Å². The molecule has 0 spiro atoms. The number of halogens is 2. The average Bonchev–Trinajstić information content (AvgIpc) is 2.82. The van der Waals surface area contributed by atoms with E-state index in [-0.39, 0.29) is 23.7 Å². The second-order valence-electron chi connectivity index (χ2n) is 8.85. The van der Waals surface area contributed by atoms with Gasteiger partial charge in [0.25, 0.3) is 0 Å². The summed E-state index contributed by atoms with van der Waals surface area (Å²) in [5.74, 6) is 0.0365. The summed E-state index contributed by atoms with van der Waals surface area (Å²) in [6.45, 7) is 2.03. The fourth-order valence-corrected chi connectivity index (χ4v) is 6.26. The molecule has 23 heavy (non-hydrogen) atoms. The van der Waals surface area contributed by atoms with E-state index in [2.05, 4.69) is 0 Å². The summed E-state index contributed by atoms with van der Waals surface area (Å²) in [5, 5.41) is 21.3. The van der Waals surface area contributed by atoms with E-state index in [1.165, 1.54) is 6.08 Å². The maximum absolute atomic E-state index is 16.0. The molecule has 2 N–H and O–H groups in total. The zero-order valence-corrected chi connectivity index (χ0v) is 13.9. The van der Waals surface area contributed by atoms with Crippen molar-refractivity contribution in [2.75, 3.05) is 0 Å². The van der Waals surface area contributed by atoms with Crippen LogP contribution < -0.4 is 0 Å². The van der Waals surface area contributed by atoms with Crippen LogP contribution in [0.4, 0.5) is 8.78 Å². The van der Waals surface area contributed by atoms with Crippen LogP contribution in [0.25, 0.3) is 0 Å². The smallest absolute Gasteiger partial charge is 0.189 e. The number of fused-ring (bicyclic) bond motifs is 4. The van der Waals surface area contributed by atoms with E-state index >= 15 is 8.78 Å². The van der Waals surface area contributed by atoms with E-state index in [4.69, 9.17) is 0 Å². The summed E-state index contributed by atoms with van der Waals surface area (Å²) in [7, 11) is 0. The van der Waals surface area contributed by atoms with Gasteiger partial charge in [0.15, 0.2) is 5.67 Å². The molecule has 7 atom stereocenters. The zero-order chi connectivity index (χ0) is 16.5. The Bertz CT molecular complexity index is 535. The Morgan fingerprint density at radius 2 is 1.96 bits per heavy atom. The van der Waals surface area contributed by atoms with Crippen LogP contribution in [0, 0.1) is 17.3 Å². The van der Waals surface area contributed by atoms with Crippen molar-refractivity contribution in [2.45, 2.75) is 88.3 Å². The van der Waals surface area contributed by atoms with Crippen molar-refractivity contribution >= 4 is 0 Å². The molecule has 0 amide bonds. The lowest BCUT2D eigenvalue weighted by atomic mass is 9.55. The van der Waals surface area contributed by atoms with Gasteiger partial charge in [-0.05, 0) is 74.7 Å². The van der Waals surface area contributed by atoms with E-state index in [0.717, 1.165) is 37.7 Å². The largest absolute Gasteiger partial charge is 0.393 e. The molecule has 0 aromatic carbocycles. The Labute approximate surface area is 137 Å². The number of rotatable bonds is 0. The van der Waals surface area contributed by atoms with E-state index in [9.17, 15) is 10.2 Å². The summed E-state index contributed by atoms with van der Waals surface area (Å²) in [6, 6.07) is 0. The van der Waals surface area contributed by atoms with Crippen LogP contribution in [0.1, 0.15) is 64.7 Å². The molecule has 4 aliphatic rings. The molecule has 0 radical (unpaired) electrons. The van der Waals surface area contributed by atoms with Crippen LogP contribution in [0.15, 0.2) is 11.6 Å². The fraction of sp³-hybridized carbons (Fsp3) is 0.895. The summed E-state index contributed by atoms with van der Waals surface area (Å²) < 4.78 is 31.0. The molecular weight excluding hydrogens is 298 g/mol. The van der Waals surface area contributed by atoms with Gasteiger partial charge < -0.3 is 10.2 Å². The standard InChI is InChI=1S/C19H28F2O2/c1-17-7-2-3-15(17)19(23)8-6-12-4-5-14(22)9-13(12)10-18(19,21)16(20)11-17/h10,12,14-16,22-23H,2-9,11H2,1H3/t12?,14?,15?,16?,17?,18?,19-/m0/s1. The normalized spacial score (nSPS) is 56.1. The summed E-state index contributed by atoms with van der Waals surface area (Å²) in [4.78, 5) is 0. The highest BCUT2D eigenvalue weighted by atomic mass is 19.2. The Morgan fingerprint density at radius 3 is 2.74 bits per heavy atom. The lowest BCUT2D eigenvalue weighted by Crippen LogP contribution is -2.66. The van der Waals surface area contributed by atoms with Crippen molar-refractivity contribution in [3.05, 3.63) is 11.6 Å². The molecule has 0 heterocycles. The first kappa shape index (κ1) is 16.0. The highest BCUT2D eigenvalue weighted by Crippen LogP contribution is 2.63. The number of hydrogen-bond donors (Lipinski definition) is 2. The summed E-state index contributed by atoms with van der Waals surface area (Å²) in [5.41, 5.74) is -3.32. The van der Waals surface area contributed by atoms with E-state index in [1.807, 2.05) is 6.92 Å². The van der Waals surface area contributed by atoms with Gasteiger partial charge in [-0.3, -0.25) is 0 Å². The van der Waals surface area contributed by atoms with Crippen LogP contribution in [0.5, 0.6) is 0 Å². The molecule has 0 bridgehead atoms. The molecule has 3 saturated carbocycles. The van der Waals surface area contributed by atoms with Gasteiger partial charge in [0.05, 0.1) is 6.10 Å². The lowest BCUT2D eigenvalue weighted by molar-refractivity contribution is -0.207. The zero-order valence-electron chi connectivity index (χ0n) is 13.9. The second-order valence-corrected chi connectivity index (χ2v) is 8.85. The second kappa shape index (κ2) is 5.01. The highest BCUT2D eigenvalue weighted by Gasteiger charge is 2.69. The first-order valence-electron chi connectivity index (χ1n) is 9.23. The molecule has 3 fully saturated rings. The van der Waals surface area contributed by atoms with Crippen LogP contribution in [0.3, 0.4) is 0 Å². The van der Waals surface area contributed by atoms with Crippen molar-refractivity contribution in [1.82, 2.24) is 0 Å². The molecule has 0 aromatic heterocycles. The van der Waals surface area contributed by atoms with Crippen molar-refractivity contribution < 1.29 is 19.0 Å². The van der Waals surface area contributed by atoms with Gasteiger partial charge in [-0.15, -0.1) is 0 Å². The molecule has 0 aromatic rings. The van der Waals surface area contributed by atoms with Gasteiger partial charge in [0, 0.05) is 0 Å². The molecule has 0 saturated heterocycles. The Morgan fingerprint density at radius 1 is 1.17 bits per heavy atom. The molecule has 4 rings (SSSR count). The Balaban J connectivity index is 1.79. The molecule has 4 heteroatoms. The van der Waals surface area contributed by atoms with Crippen LogP contribution >= 0.6 is 0 Å². The number of aliphatic hydroxyl groups is 2. The topological polar surface area (TPSA) is 40.5 Å². The van der Waals surface area contributed by atoms with Crippen molar-refractivity contribution in [2.24, 2.45) is 17.3 Å². The average molecular weight is 326 g/mol. The Hall–Kier alpha value is -0.480.